The lowest BCUT2D eigenvalue weighted by atomic mass is 10.2. The minimum Gasteiger partial charge on any atom is -0.497 e. The van der Waals surface area contributed by atoms with Gasteiger partial charge in [-0.05, 0) is 42.5 Å². The van der Waals surface area contributed by atoms with Crippen LogP contribution in [0.2, 0.25) is 0 Å². The highest BCUT2D eigenvalue weighted by Gasteiger charge is 2.19. The number of methoxy groups -OCH3 is 1. The summed E-state index contributed by atoms with van der Waals surface area (Å²) in [6, 6.07) is 15.7. The number of benzene rings is 3. The Labute approximate surface area is 210 Å². The lowest BCUT2D eigenvalue weighted by molar-refractivity contribution is 0.0998. The van der Waals surface area contributed by atoms with Crippen LogP contribution in [0.3, 0.4) is 0 Å². The summed E-state index contributed by atoms with van der Waals surface area (Å²) in [5.41, 5.74) is 1.21. The first-order chi connectivity index (χ1) is 17.4. The average Bonchev–Trinajstić information content (AvgIpc) is 3.46. The fraction of sp³-hybridized carbons (Fsp3) is 0.120. The van der Waals surface area contributed by atoms with Gasteiger partial charge in [-0.3, -0.25) is 9.52 Å². The van der Waals surface area contributed by atoms with Crippen LogP contribution in [0.25, 0.3) is 10.2 Å². The Bertz CT molecular complexity index is 1700. The number of rotatable bonds is 6. The summed E-state index contributed by atoms with van der Waals surface area (Å²) in [6.07, 6.45) is 5.56. The maximum absolute atomic E-state index is 13.0. The summed E-state index contributed by atoms with van der Waals surface area (Å²) in [7, 11) is -2.37. The summed E-state index contributed by atoms with van der Waals surface area (Å²) in [5, 5.41) is 0. The monoisotopic (exact) mass is 521 g/mol. The molecule has 1 N–H and O–H groups in total. The van der Waals surface area contributed by atoms with E-state index in [9.17, 15) is 13.2 Å². The van der Waals surface area contributed by atoms with Crippen LogP contribution in [0.1, 0.15) is 10.4 Å². The molecule has 0 radical (unpaired) electrons. The third kappa shape index (κ3) is 4.51. The molecule has 11 heteroatoms. The van der Waals surface area contributed by atoms with Gasteiger partial charge >= 0.3 is 0 Å². The van der Waals surface area contributed by atoms with Gasteiger partial charge in [-0.25, -0.2) is 8.42 Å². The van der Waals surface area contributed by atoms with Crippen LogP contribution in [-0.2, 0) is 16.6 Å². The zero-order valence-electron chi connectivity index (χ0n) is 18.9. The number of hydrogen-bond donors (Lipinski definition) is 1. The number of anilines is 1. The fourth-order valence-electron chi connectivity index (χ4n) is 3.63. The molecule has 5 rings (SSSR count). The van der Waals surface area contributed by atoms with Crippen molar-refractivity contribution < 1.29 is 27.4 Å². The van der Waals surface area contributed by atoms with Crippen molar-refractivity contribution in [3.05, 3.63) is 71.0 Å². The number of nitrogens with one attached hydrogen (secondary N) is 1. The molecule has 1 aliphatic heterocycles. The largest absolute Gasteiger partial charge is 0.497 e. The van der Waals surface area contributed by atoms with Gasteiger partial charge in [0.2, 0.25) is 6.79 Å². The highest BCUT2D eigenvalue weighted by Crippen LogP contribution is 2.37. The summed E-state index contributed by atoms with van der Waals surface area (Å²) < 4.78 is 46.6. The van der Waals surface area contributed by atoms with E-state index in [4.69, 9.17) is 20.6 Å². The SMILES string of the molecule is C#CCn1c(=NC(=O)c2cccc(NS(=O)(=O)c3ccc(OC)cc3)c2)sc2cc3c(cc21)OCO3. The molecule has 36 heavy (non-hydrogen) atoms. The van der Waals surface area contributed by atoms with Crippen LogP contribution in [0.4, 0.5) is 5.69 Å². The number of nitrogens with zero attached hydrogens (tertiary/aromatic N) is 2. The predicted octanol–water partition coefficient (Wildman–Crippen LogP) is 3.62. The Hall–Kier alpha value is -4.27. The molecule has 0 spiro atoms. The Kier molecular flexibility index (Phi) is 6.13. The van der Waals surface area contributed by atoms with Gasteiger partial charge < -0.3 is 18.8 Å². The van der Waals surface area contributed by atoms with Crippen LogP contribution >= 0.6 is 11.3 Å². The van der Waals surface area contributed by atoms with Gasteiger partial charge in [-0.2, -0.15) is 4.99 Å². The topological polar surface area (TPSA) is 108 Å². The van der Waals surface area contributed by atoms with E-state index in [1.807, 2.05) is 12.1 Å². The van der Waals surface area contributed by atoms with Crippen LogP contribution in [0.5, 0.6) is 17.2 Å². The van der Waals surface area contributed by atoms with Crippen LogP contribution in [0, 0.1) is 12.3 Å². The molecule has 1 aromatic heterocycles. The Morgan fingerprint density at radius 3 is 2.64 bits per heavy atom. The molecule has 9 nitrogen and oxygen atoms in total. The van der Waals surface area contributed by atoms with E-state index in [-0.39, 0.29) is 29.5 Å². The molecular weight excluding hydrogens is 502 g/mol. The normalized spacial score (nSPS) is 12.9. The Balaban J connectivity index is 1.46. The smallest absolute Gasteiger partial charge is 0.279 e. The van der Waals surface area contributed by atoms with E-state index in [1.165, 1.54) is 36.6 Å². The van der Waals surface area contributed by atoms with E-state index in [0.29, 0.717) is 22.0 Å². The fourth-order valence-corrected chi connectivity index (χ4v) is 5.71. The molecule has 182 valence electrons. The van der Waals surface area contributed by atoms with Gasteiger partial charge in [0, 0.05) is 23.4 Å². The van der Waals surface area contributed by atoms with Gasteiger partial charge in [-0.15, -0.1) is 6.42 Å². The molecule has 0 saturated carbocycles. The summed E-state index contributed by atoms with van der Waals surface area (Å²) in [4.78, 5) is 17.8. The van der Waals surface area contributed by atoms with Crippen molar-refractivity contribution in [2.45, 2.75) is 11.4 Å². The molecule has 3 aromatic carbocycles. The van der Waals surface area contributed by atoms with Gasteiger partial charge in [0.25, 0.3) is 15.9 Å². The Morgan fingerprint density at radius 2 is 1.92 bits per heavy atom. The second kappa shape index (κ2) is 9.41. The average molecular weight is 522 g/mol. The van der Waals surface area contributed by atoms with Crippen molar-refractivity contribution in [3.8, 4) is 29.6 Å². The first-order valence-corrected chi connectivity index (χ1v) is 12.9. The number of sulfonamides is 1. The first kappa shape index (κ1) is 23.5. The summed E-state index contributed by atoms with van der Waals surface area (Å²) >= 11 is 1.29. The highest BCUT2D eigenvalue weighted by atomic mass is 32.2. The van der Waals surface area contributed by atoms with E-state index in [0.717, 1.165) is 10.2 Å². The minimum atomic E-state index is -3.87. The third-order valence-electron chi connectivity index (χ3n) is 5.36. The van der Waals surface area contributed by atoms with Crippen molar-refractivity contribution in [1.82, 2.24) is 4.57 Å². The van der Waals surface area contributed by atoms with Gasteiger partial charge in [0.05, 0.1) is 28.8 Å². The second-order valence-corrected chi connectivity index (χ2v) is 10.3. The lowest BCUT2D eigenvalue weighted by Gasteiger charge is -2.09. The van der Waals surface area contributed by atoms with E-state index < -0.39 is 15.9 Å². The predicted molar refractivity (Wildman–Crippen MR) is 135 cm³/mol. The van der Waals surface area contributed by atoms with Crippen molar-refractivity contribution >= 4 is 43.2 Å². The number of thiazole rings is 1. The van der Waals surface area contributed by atoms with Gasteiger partial charge in [-0.1, -0.05) is 23.3 Å². The standard InChI is InChI=1S/C25H19N3O6S2/c1-3-11-28-20-13-21-22(34-15-33-21)14-23(20)35-25(28)26-24(29)16-5-4-6-17(12-16)27-36(30,31)19-9-7-18(32-2)8-10-19/h1,4-10,12-14,27H,11,15H2,2H3. The minimum absolute atomic E-state index is 0.0603. The van der Waals surface area contributed by atoms with Crippen molar-refractivity contribution in [2.75, 3.05) is 18.6 Å². The van der Waals surface area contributed by atoms with Crippen molar-refractivity contribution in [3.63, 3.8) is 0 Å². The van der Waals surface area contributed by atoms with Crippen LogP contribution < -0.4 is 23.7 Å². The van der Waals surface area contributed by atoms with Gasteiger partial charge in [0.15, 0.2) is 16.3 Å². The molecule has 2 heterocycles. The highest BCUT2D eigenvalue weighted by molar-refractivity contribution is 7.92. The maximum atomic E-state index is 13.0. The number of carbonyl (C=O) groups excluding carboxylic acids is 1. The quantitative estimate of drug-likeness (QED) is 0.389. The molecule has 0 unspecified atom stereocenters. The number of hydrogen-bond acceptors (Lipinski definition) is 7. The molecule has 1 amide bonds. The molecule has 0 saturated heterocycles. The number of fused-ring (bicyclic) bond motifs is 2. The molecule has 0 aliphatic carbocycles. The molecule has 0 bridgehead atoms. The lowest BCUT2D eigenvalue weighted by Crippen LogP contribution is -2.17. The first-order valence-electron chi connectivity index (χ1n) is 10.6. The maximum Gasteiger partial charge on any atom is 0.279 e. The van der Waals surface area contributed by atoms with E-state index in [2.05, 4.69) is 15.6 Å². The third-order valence-corrected chi connectivity index (χ3v) is 7.79. The van der Waals surface area contributed by atoms with Gasteiger partial charge in [0.1, 0.15) is 5.75 Å². The molecular formula is C25H19N3O6S2. The number of carbonyl (C=O) groups is 1. The molecule has 1 aliphatic rings. The molecule has 0 atom stereocenters. The number of terminal acetylenes is 1. The van der Waals surface area contributed by atoms with Crippen LogP contribution in [0.15, 0.2) is 70.6 Å². The number of aromatic nitrogens is 1. The number of ether oxygens (including phenoxy) is 3. The zero-order chi connectivity index (χ0) is 25.3. The van der Waals surface area contributed by atoms with E-state index >= 15 is 0 Å². The molecule has 0 fully saturated rings. The Morgan fingerprint density at radius 1 is 1.17 bits per heavy atom. The van der Waals surface area contributed by atoms with Crippen LogP contribution in [-0.4, -0.2) is 32.8 Å². The number of amides is 1. The summed E-state index contributed by atoms with van der Waals surface area (Å²) in [5.74, 6) is 3.79. The van der Waals surface area contributed by atoms with Crippen molar-refractivity contribution in [1.29, 1.82) is 0 Å². The zero-order valence-corrected chi connectivity index (χ0v) is 20.6. The molecule has 4 aromatic rings. The summed E-state index contributed by atoms with van der Waals surface area (Å²) in [6.45, 7) is 0.351. The second-order valence-electron chi connectivity index (χ2n) is 7.63. The van der Waals surface area contributed by atoms with E-state index in [1.54, 1.807) is 34.9 Å². The van der Waals surface area contributed by atoms with Crippen molar-refractivity contribution in [2.24, 2.45) is 4.99 Å².